The second-order valence-corrected chi connectivity index (χ2v) is 9.66. The average Bonchev–Trinajstić information content (AvgIpc) is 3.37. The SMILES string of the molecule is Cc1cc(Cl)c2c(c1)[C@]1(N[C@H](CCC(N)=O)[C@H]3C(=O)N(CCc4ccccc4)C(=O)[C@H]31)C(=O)N2. The monoisotopic (exact) mass is 480 g/mol. The van der Waals surface area contributed by atoms with Gasteiger partial charge in [0.2, 0.25) is 23.6 Å². The summed E-state index contributed by atoms with van der Waals surface area (Å²) >= 11 is 6.43. The van der Waals surface area contributed by atoms with E-state index in [0.717, 1.165) is 11.1 Å². The van der Waals surface area contributed by atoms with Gasteiger partial charge in [-0.05, 0) is 37.0 Å². The number of primary amides is 1. The molecule has 3 aliphatic rings. The lowest BCUT2D eigenvalue weighted by Gasteiger charge is -2.29. The smallest absolute Gasteiger partial charge is 0.250 e. The topological polar surface area (TPSA) is 122 Å². The van der Waals surface area contributed by atoms with Crippen molar-refractivity contribution >= 4 is 40.9 Å². The fourth-order valence-electron chi connectivity index (χ4n) is 5.71. The third kappa shape index (κ3) is 3.32. The number of hydrogen-bond donors (Lipinski definition) is 3. The lowest BCUT2D eigenvalue weighted by atomic mass is 9.76. The van der Waals surface area contributed by atoms with Crippen molar-refractivity contribution in [3.63, 3.8) is 0 Å². The molecule has 2 saturated heterocycles. The summed E-state index contributed by atoms with van der Waals surface area (Å²) in [6.45, 7) is 2.07. The maximum absolute atomic E-state index is 13.7. The maximum atomic E-state index is 13.7. The number of halogens is 1. The third-order valence-electron chi connectivity index (χ3n) is 7.18. The summed E-state index contributed by atoms with van der Waals surface area (Å²) in [6.07, 6.45) is 0.787. The predicted molar refractivity (Wildman–Crippen MR) is 126 cm³/mol. The van der Waals surface area contributed by atoms with Gasteiger partial charge >= 0.3 is 0 Å². The van der Waals surface area contributed by atoms with Crippen LogP contribution in [0.25, 0.3) is 0 Å². The van der Waals surface area contributed by atoms with E-state index < -0.39 is 35.2 Å². The molecule has 0 aliphatic carbocycles. The fraction of sp³-hybridized carbons (Fsp3) is 0.360. The van der Waals surface area contributed by atoms with E-state index in [9.17, 15) is 19.2 Å². The molecule has 9 heteroatoms. The van der Waals surface area contributed by atoms with Crippen molar-refractivity contribution in [3.05, 3.63) is 64.2 Å². The Morgan fingerprint density at radius 2 is 1.88 bits per heavy atom. The molecule has 0 saturated carbocycles. The molecular formula is C25H25ClN4O4. The summed E-state index contributed by atoms with van der Waals surface area (Å²) in [5, 5.41) is 6.49. The molecule has 0 bridgehead atoms. The quantitative estimate of drug-likeness (QED) is 0.545. The van der Waals surface area contributed by atoms with Crippen molar-refractivity contribution < 1.29 is 19.2 Å². The fourth-order valence-corrected chi connectivity index (χ4v) is 6.03. The van der Waals surface area contributed by atoms with Gasteiger partial charge in [-0.2, -0.15) is 0 Å². The molecule has 0 radical (unpaired) electrons. The van der Waals surface area contributed by atoms with Gasteiger partial charge in [0, 0.05) is 24.6 Å². The number of nitrogens with one attached hydrogen (secondary N) is 2. The molecule has 4 amide bonds. The molecular weight excluding hydrogens is 456 g/mol. The molecule has 2 aromatic rings. The third-order valence-corrected chi connectivity index (χ3v) is 7.48. The van der Waals surface area contributed by atoms with Crippen LogP contribution in [0.15, 0.2) is 42.5 Å². The normalized spacial score (nSPS) is 27.3. The summed E-state index contributed by atoms with van der Waals surface area (Å²) in [5.41, 5.74) is 6.77. The van der Waals surface area contributed by atoms with Crippen LogP contribution in [0.5, 0.6) is 0 Å². The number of nitrogens with two attached hydrogens (primary N) is 1. The Kier molecular flexibility index (Phi) is 5.45. The number of likely N-dealkylation sites (tertiary alicyclic amines) is 1. The van der Waals surface area contributed by atoms with E-state index in [2.05, 4.69) is 10.6 Å². The molecule has 2 fully saturated rings. The Morgan fingerprint density at radius 1 is 1.15 bits per heavy atom. The van der Waals surface area contributed by atoms with E-state index in [1.807, 2.05) is 43.3 Å². The molecule has 0 aromatic heterocycles. The first-order valence-corrected chi connectivity index (χ1v) is 11.7. The van der Waals surface area contributed by atoms with Crippen LogP contribution in [-0.2, 0) is 31.1 Å². The van der Waals surface area contributed by atoms with E-state index in [0.29, 0.717) is 22.7 Å². The summed E-state index contributed by atoms with van der Waals surface area (Å²) in [4.78, 5) is 53.6. The number of carbonyl (C=O) groups excluding carboxylic acids is 4. The minimum absolute atomic E-state index is 0.0332. The van der Waals surface area contributed by atoms with Crippen molar-refractivity contribution in [3.8, 4) is 0 Å². The van der Waals surface area contributed by atoms with Gasteiger partial charge in [-0.15, -0.1) is 0 Å². The van der Waals surface area contributed by atoms with Crippen LogP contribution in [-0.4, -0.2) is 41.1 Å². The number of anilines is 1. The Morgan fingerprint density at radius 3 is 2.59 bits per heavy atom. The van der Waals surface area contributed by atoms with E-state index in [1.165, 1.54) is 4.90 Å². The van der Waals surface area contributed by atoms with Crippen LogP contribution in [0, 0.1) is 18.8 Å². The van der Waals surface area contributed by atoms with Gasteiger partial charge in [0.25, 0.3) is 0 Å². The first kappa shape index (κ1) is 22.6. The zero-order valence-corrected chi connectivity index (χ0v) is 19.4. The number of imide groups is 1. The maximum Gasteiger partial charge on any atom is 0.250 e. The number of rotatable bonds is 6. The molecule has 3 aliphatic heterocycles. The number of aryl methyl sites for hydroxylation is 1. The summed E-state index contributed by atoms with van der Waals surface area (Å²) in [7, 11) is 0. The van der Waals surface area contributed by atoms with Crippen molar-refractivity contribution in [1.82, 2.24) is 10.2 Å². The Bertz CT molecular complexity index is 1220. The van der Waals surface area contributed by atoms with E-state index in [1.54, 1.807) is 6.07 Å². The van der Waals surface area contributed by atoms with Crippen LogP contribution in [0.2, 0.25) is 5.02 Å². The first-order valence-electron chi connectivity index (χ1n) is 11.3. The highest BCUT2D eigenvalue weighted by Crippen LogP contribution is 2.54. The highest BCUT2D eigenvalue weighted by Gasteiger charge is 2.70. The van der Waals surface area contributed by atoms with Crippen molar-refractivity contribution in [2.75, 3.05) is 11.9 Å². The zero-order valence-electron chi connectivity index (χ0n) is 18.6. The first-order chi connectivity index (χ1) is 16.2. The number of amides is 4. The van der Waals surface area contributed by atoms with Crippen molar-refractivity contribution in [2.24, 2.45) is 17.6 Å². The van der Waals surface area contributed by atoms with E-state index in [-0.39, 0.29) is 31.2 Å². The molecule has 3 heterocycles. The Balaban J connectivity index is 1.55. The van der Waals surface area contributed by atoms with Crippen LogP contribution in [0.4, 0.5) is 5.69 Å². The molecule has 34 heavy (non-hydrogen) atoms. The van der Waals surface area contributed by atoms with Gasteiger partial charge in [0.1, 0.15) is 5.54 Å². The predicted octanol–water partition coefficient (Wildman–Crippen LogP) is 1.88. The van der Waals surface area contributed by atoms with Crippen LogP contribution in [0.1, 0.15) is 29.5 Å². The molecule has 2 aromatic carbocycles. The molecule has 8 nitrogen and oxygen atoms in total. The summed E-state index contributed by atoms with van der Waals surface area (Å²) < 4.78 is 0. The number of fused-ring (bicyclic) bond motifs is 4. The van der Waals surface area contributed by atoms with Crippen LogP contribution in [0.3, 0.4) is 0 Å². The summed E-state index contributed by atoms with van der Waals surface area (Å²) in [5.74, 6) is -3.36. The van der Waals surface area contributed by atoms with Gasteiger partial charge in [0.05, 0.1) is 22.5 Å². The van der Waals surface area contributed by atoms with Crippen LogP contribution >= 0.6 is 11.6 Å². The molecule has 4 atom stereocenters. The minimum atomic E-state index is -1.44. The van der Waals surface area contributed by atoms with E-state index >= 15 is 0 Å². The highest BCUT2D eigenvalue weighted by molar-refractivity contribution is 6.35. The second-order valence-electron chi connectivity index (χ2n) is 9.25. The van der Waals surface area contributed by atoms with E-state index in [4.69, 9.17) is 17.3 Å². The van der Waals surface area contributed by atoms with Crippen molar-refractivity contribution in [1.29, 1.82) is 0 Å². The Hall–Kier alpha value is -3.23. The largest absolute Gasteiger partial charge is 0.370 e. The lowest BCUT2D eigenvalue weighted by molar-refractivity contribution is -0.142. The molecule has 5 rings (SSSR count). The molecule has 4 N–H and O–H groups in total. The summed E-state index contributed by atoms with van der Waals surface area (Å²) in [6, 6.07) is 12.6. The lowest BCUT2D eigenvalue weighted by Crippen LogP contribution is -2.53. The van der Waals surface area contributed by atoms with Gasteiger partial charge in [-0.25, -0.2) is 0 Å². The second kappa shape index (κ2) is 8.21. The molecule has 1 spiro atoms. The van der Waals surface area contributed by atoms with Crippen molar-refractivity contribution in [2.45, 2.75) is 37.8 Å². The molecule has 176 valence electrons. The van der Waals surface area contributed by atoms with Gasteiger partial charge in [-0.1, -0.05) is 48.0 Å². The van der Waals surface area contributed by atoms with Gasteiger partial charge in [-0.3, -0.25) is 29.4 Å². The zero-order chi connectivity index (χ0) is 24.2. The molecule has 0 unspecified atom stereocenters. The average molecular weight is 481 g/mol. The highest BCUT2D eigenvalue weighted by atomic mass is 35.5. The number of carbonyl (C=O) groups is 4. The minimum Gasteiger partial charge on any atom is -0.370 e. The van der Waals surface area contributed by atoms with Crippen LogP contribution < -0.4 is 16.4 Å². The van der Waals surface area contributed by atoms with Gasteiger partial charge in [0.15, 0.2) is 0 Å². The Labute approximate surface area is 201 Å². The van der Waals surface area contributed by atoms with Gasteiger partial charge < -0.3 is 11.1 Å². The standard InChI is InChI=1S/C25H25ClN4O4/c1-13-11-15-21(16(26)12-13)28-24(34)25(15)20-19(17(29-25)7-8-18(27)31)22(32)30(23(20)33)10-9-14-5-3-2-4-6-14/h2-6,11-12,17,19-20,29H,7-10H2,1H3,(H2,27,31)(H,28,34)/t17-,19-,20+,25-/m1/s1. The number of nitrogens with zero attached hydrogens (tertiary/aromatic N) is 1. The number of benzene rings is 2. The number of hydrogen-bond acceptors (Lipinski definition) is 5.